The molecule has 0 aliphatic heterocycles. The van der Waals surface area contributed by atoms with Gasteiger partial charge in [-0.05, 0) is 47.5 Å². The van der Waals surface area contributed by atoms with Gasteiger partial charge < -0.3 is 5.73 Å². The monoisotopic (exact) mass is 410 g/mol. The molecule has 0 saturated heterocycles. The lowest BCUT2D eigenvalue weighted by atomic mass is 10.2. The number of nitrogens with two attached hydrogens (primary N) is 1. The molecule has 0 aliphatic rings. The second kappa shape index (κ2) is 7.77. The van der Waals surface area contributed by atoms with E-state index in [9.17, 15) is 21.6 Å². The van der Waals surface area contributed by atoms with Crippen LogP contribution in [-0.4, -0.2) is 21.0 Å². The van der Waals surface area contributed by atoms with E-state index in [0.29, 0.717) is 12.5 Å². The smallest absolute Gasteiger partial charge is 0.328 e. The number of hydrogen-bond donors (Lipinski definition) is 2. The molecular weight excluding hydrogens is 397 g/mol. The van der Waals surface area contributed by atoms with E-state index in [1.807, 2.05) is 0 Å². The van der Waals surface area contributed by atoms with Gasteiger partial charge in [0.25, 0.3) is 0 Å². The van der Waals surface area contributed by atoms with Crippen molar-refractivity contribution in [2.75, 3.05) is 6.54 Å². The molecule has 21 heavy (non-hydrogen) atoms. The lowest BCUT2D eigenvalue weighted by Crippen LogP contribution is -2.29. The molecule has 10 heteroatoms. The molecule has 0 amide bonds. The van der Waals surface area contributed by atoms with E-state index in [0.717, 1.165) is 12.1 Å². The van der Waals surface area contributed by atoms with Crippen LogP contribution in [0.2, 0.25) is 0 Å². The number of rotatable bonds is 5. The van der Waals surface area contributed by atoms with Crippen molar-refractivity contribution in [3.8, 4) is 0 Å². The van der Waals surface area contributed by atoms with Crippen molar-refractivity contribution in [3.63, 3.8) is 0 Å². The van der Waals surface area contributed by atoms with Crippen LogP contribution in [0.1, 0.15) is 18.9 Å². The van der Waals surface area contributed by atoms with Crippen LogP contribution >= 0.6 is 28.3 Å². The van der Waals surface area contributed by atoms with Gasteiger partial charge in [-0.25, -0.2) is 13.1 Å². The predicted octanol–water partition coefficient (Wildman–Crippen LogP) is 2.91. The second-order valence-electron chi connectivity index (χ2n) is 4.31. The fourth-order valence-electron chi connectivity index (χ4n) is 1.38. The maximum absolute atomic E-state index is 12.6. The van der Waals surface area contributed by atoms with Crippen molar-refractivity contribution >= 4 is 38.4 Å². The molecule has 0 bridgehead atoms. The number of nitrogens with one attached hydrogen (secondary N) is 1. The Balaban J connectivity index is 0.00000400. The minimum atomic E-state index is -4.60. The molecule has 0 fully saturated rings. The first-order valence-electron chi connectivity index (χ1n) is 5.66. The fourth-order valence-corrected chi connectivity index (χ4v) is 3.42. The third-order valence-electron chi connectivity index (χ3n) is 2.44. The standard InChI is InChI=1S/C11H14BrF3N2O2S.ClH/c1-7(16)4-5-17-20(18,19)10-6-8(11(13,14)15)2-3-9(10)12;/h2-3,6-7,17H,4-5,16H2,1H3;1H. The van der Waals surface area contributed by atoms with Crippen molar-refractivity contribution in [2.45, 2.75) is 30.5 Å². The zero-order chi connectivity index (χ0) is 15.6. The normalized spacial score (nSPS) is 13.6. The molecule has 0 saturated carbocycles. The Bertz CT molecular complexity index is 579. The summed E-state index contributed by atoms with van der Waals surface area (Å²) >= 11 is 2.94. The summed E-state index contributed by atoms with van der Waals surface area (Å²) < 4.78 is 64.0. The molecule has 0 aromatic heterocycles. The molecule has 122 valence electrons. The van der Waals surface area contributed by atoms with Crippen molar-refractivity contribution in [3.05, 3.63) is 28.2 Å². The maximum atomic E-state index is 12.6. The number of benzene rings is 1. The van der Waals surface area contributed by atoms with Gasteiger partial charge in [-0.3, -0.25) is 0 Å². The Hall–Kier alpha value is -0.350. The van der Waals surface area contributed by atoms with Crippen LogP contribution in [0, 0.1) is 0 Å². The van der Waals surface area contributed by atoms with Crippen LogP contribution in [0.25, 0.3) is 0 Å². The lowest BCUT2D eigenvalue weighted by molar-refractivity contribution is -0.137. The van der Waals surface area contributed by atoms with E-state index in [1.165, 1.54) is 0 Å². The van der Waals surface area contributed by atoms with Gasteiger partial charge in [0.2, 0.25) is 10.0 Å². The van der Waals surface area contributed by atoms with Gasteiger partial charge in [0, 0.05) is 17.1 Å². The Kier molecular flexibility index (Phi) is 7.64. The van der Waals surface area contributed by atoms with E-state index in [2.05, 4.69) is 20.7 Å². The molecule has 1 aromatic rings. The van der Waals surface area contributed by atoms with E-state index in [4.69, 9.17) is 5.73 Å². The molecule has 0 heterocycles. The van der Waals surface area contributed by atoms with Gasteiger partial charge in [0.15, 0.2) is 0 Å². The summed E-state index contributed by atoms with van der Waals surface area (Å²) in [7, 11) is -4.02. The Labute approximate surface area is 135 Å². The van der Waals surface area contributed by atoms with Gasteiger partial charge in [0.05, 0.1) is 10.5 Å². The number of sulfonamides is 1. The third-order valence-corrected chi connectivity index (χ3v) is 4.89. The van der Waals surface area contributed by atoms with Crippen LogP contribution in [0.5, 0.6) is 0 Å². The molecule has 3 N–H and O–H groups in total. The fraction of sp³-hybridized carbons (Fsp3) is 0.455. The summed E-state index contributed by atoms with van der Waals surface area (Å²) in [5, 5.41) is 0. The quantitative estimate of drug-likeness (QED) is 0.782. The van der Waals surface area contributed by atoms with Gasteiger partial charge in [-0.15, -0.1) is 12.4 Å². The van der Waals surface area contributed by atoms with Crippen molar-refractivity contribution in [2.24, 2.45) is 5.73 Å². The minimum absolute atomic E-state index is 0. The lowest BCUT2D eigenvalue weighted by Gasteiger charge is -2.12. The van der Waals surface area contributed by atoms with Crippen LogP contribution in [-0.2, 0) is 16.2 Å². The number of hydrogen-bond acceptors (Lipinski definition) is 3. The van der Waals surface area contributed by atoms with Crippen molar-refractivity contribution < 1.29 is 21.6 Å². The zero-order valence-electron chi connectivity index (χ0n) is 10.9. The van der Waals surface area contributed by atoms with Crippen LogP contribution in [0.3, 0.4) is 0 Å². The zero-order valence-corrected chi connectivity index (χ0v) is 14.2. The van der Waals surface area contributed by atoms with Crippen LogP contribution in [0.15, 0.2) is 27.6 Å². The number of halogens is 5. The summed E-state index contributed by atoms with van der Waals surface area (Å²) in [6.45, 7) is 1.76. The summed E-state index contributed by atoms with van der Waals surface area (Å²) in [4.78, 5) is -0.447. The first-order valence-corrected chi connectivity index (χ1v) is 7.93. The highest BCUT2D eigenvalue weighted by molar-refractivity contribution is 9.10. The summed E-state index contributed by atoms with van der Waals surface area (Å²) in [5.41, 5.74) is 4.46. The van der Waals surface area contributed by atoms with E-state index < -0.39 is 26.7 Å². The van der Waals surface area contributed by atoms with Crippen LogP contribution in [0.4, 0.5) is 13.2 Å². The first kappa shape index (κ1) is 20.6. The van der Waals surface area contributed by atoms with Gasteiger partial charge in [0.1, 0.15) is 0 Å². The SMILES string of the molecule is CC(N)CCNS(=O)(=O)c1cc(C(F)(F)F)ccc1Br.Cl. The highest BCUT2D eigenvalue weighted by atomic mass is 79.9. The van der Waals surface area contributed by atoms with Crippen LogP contribution < -0.4 is 10.5 Å². The summed E-state index contributed by atoms with van der Waals surface area (Å²) in [6, 6.07) is 2.26. The summed E-state index contributed by atoms with van der Waals surface area (Å²) in [6.07, 6.45) is -4.22. The molecule has 0 radical (unpaired) electrons. The third kappa shape index (κ3) is 6.11. The molecule has 1 aromatic carbocycles. The Morgan fingerprint density at radius 3 is 2.43 bits per heavy atom. The molecule has 1 atom stereocenters. The predicted molar refractivity (Wildman–Crippen MR) is 79.8 cm³/mol. The largest absolute Gasteiger partial charge is 0.416 e. The maximum Gasteiger partial charge on any atom is 0.416 e. The Morgan fingerprint density at radius 1 is 1.38 bits per heavy atom. The summed E-state index contributed by atoms with van der Waals surface area (Å²) in [5.74, 6) is 0. The van der Waals surface area contributed by atoms with Gasteiger partial charge in [-0.2, -0.15) is 13.2 Å². The molecule has 1 unspecified atom stereocenters. The molecule has 1 rings (SSSR count). The number of alkyl halides is 3. The van der Waals surface area contributed by atoms with Gasteiger partial charge in [-0.1, -0.05) is 0 Å². The molecule has 0 aliphatic carbocycles. The van der Waals surface area contributed by atoms with Crippen molar-refractivity contribution in [1.29, 1.82) is 0 Å². The average molecular weight is 412 g/mol. The molecule has 0 spiro atoms. The molecule has 4 nitrogen and oxygen atoms in total. The Morgan fingerprint density at radius 2 is 1.95 bits per heavy atom. The average Bonchev–Trinajstić information content (AvgIpc) is 2.26. The minimum Gasteiger partial charge on any atom is -0.328 e. The first-order chi connectivity index (χ1) is 9.04. The van der Waals surface area contributed by atoms with Gasteiger partial charge >= 0.3 is 6.18 Å². The highest BCUT2D eigenvalue weighted by Crippen LogP contribution is 2.33. The van der Waals surface area contributed by atoms with E-state index in [1.54, 1.807) is 6.92 Å². The highest BCUT2D eigenvalue weighted by Gasteiger charge is 2.32. The van der Waals surface area contributed by atoms with Crippen molar-refractivity contribution in [1.82, 2.24) is 4.72 Å². The second-order valence-corrected chi connectivity index (χ2v) is 6.90. The van der Waals surface area contributed by atoms with E-state index in [-0.39, 0.29) is 29.5 Å². The van der Waals surface area contributed by atoms with E-state index >= 15 is 0 Å². The topological polar surface area (TPSA) is 72.2 Å². The molecular formula is C11H15BrClF3N2O2S.